The first-order valence-corrected chi connectivity index (χ1v) is 10.2. The number of carbonyl (C=O) groups excluding carboxylic acids is 1. The Balaban J connectivity index is 1.48. The third kappa shape index (κ3) is 3.23. The van der Waals surface area contributed by atoms with Gasteiger partial charge in [0.1, 0.15) is 0 Å². The van der Waals surface area contributed by atoms with E-state index >= 15 is 0 Å². The number of benzene rings is 1. The number of anilines is 1. The number of amides is 1. The number of nitrogens with zero attached hydrogens (tertiary/aromatic N) is 5. The van der Waals surface area contributed by atoms with Gasteiger partial charge in [-0.05, 0) is 69.4 Å². The van der Waals surface area contributed by atoms with E-state index in [9.17, 15) is 9.18 Å². The fourth-order valence-electron chi connectivity index (χ4n) is 3.78. The van der Waals surface area contributed by atoms with Crippen molar-refractivity contribution in [3.8, 4) is 11.1 Å². The highest BCUT2D eigenvalue weighted by atomic mass is 79.9. The van der Waals surface area contributed by atoms with Crippen LogP contribution in [0.15, 0.2) is 65.4 Å². The van der Waals surface area contributed by atoms with E-state index in [0.29, 0.717) is 12.2 Å². The number of carbonyl (C=O) groups is 1. The Bertz CT molecular complexity index is 1290. The van der Waals surface area contributed by atoms with Crippen molar-refractivity contribution in [3.05, 3.63) is 82.6 Å². The lowest BCUT2D eigenvalue weighted by atomic mass is 10.00. The summed E-state index contributed by atoms with van der Waals surface area (Å²) in [5, 5.41) is 7.97. The van der Waals surface area contributed by atoms with Crippen LogP contribution in [0.1, 0.15) is 16.1 Å². The van der Waals surface area contributed by atoms with Gasteiger partial charge in [0.05, 0.1) is 11.2 Å². The maximum Gasteiger partial charge on any atom is 0.292 e. The number of rotatable bonds is 2. The Kier molecular flexibility index (Phi) is 4.51. The quantitative estimate of drug-likeness (QED) is 0.413. The van der Waals surface area contributed by atoms with Crippen LogP contribution in [0.25, 0.3) is 16.6 Å². The predicted molar refractivity (Wildman–Crippen MR) is 116 cm³/mol. The maximum absolute atomic E-state index is 13.6. The predicted octanol–water partition coefficient (Wildman–Crippen LogP) is 4.35. The van der Waals surface area contributed by atoms with Gasteiger partial charge < -0.3 is 0 Å². The highest BCUT2D eigenvalue weighted by Gasteiger charge is 2.28. The molecule has 0 fully saturated rings. The molecule has 150 valence electrons. The summed E-state index contributed by atoms with van der Waals surface area (Å²) in [6, 6.07) is 14.8. The van der Waals surface area contributed by atoms with Gasteiger partial charge in [-0.15, -0.1) is 0 Å². The monoisotopic (exact) mass is 465 g/mol. The van der Waals surface area contributed by atoms with Gasteiger partial charge >= 0.3 is 0 Å². The van der Waals surface area contributed by atoms with Crippen molar-refractivity contribution in [3.63, 3.8) is 0 Å². The van der Waals surface area contributed by atoms with Crippen molar-refractivity contribution in [2.75, 3.05) is 18.6 Å². The first-order valence-electron chi connectivity index (χ1n) is 9.45. The number of hydrogen-bond donors (Lipinski definition) is 0. The molecule has 30 heavy (non-hydrogen) atoms. The Morgan fingerprint density at radius 1 is 1.10 bits per heavy atom. The van der Waals surface area contributed by atoms with Crippen molar-refractivity contribution in [2.45, 2.75) is 6.42 Å². The van der Waals surface area contributed by atoms with Gasteiger partial charge in [-0.2, -0.15) is 9.49 Å². The summed E-state index contributed by atoms with van der Waals surface area (Å²) in [7, 11) is 1.86. The first kappa shape index (κ1) is 18.7. The molecule has 8 heteroatoms. The maximum atomic E-state index is 13.6. The lowest BCUT2D eigenvalue weighted by molar-refractivity contribution is 0.0732. The summed E-state index contributed by atoms with van der Waals surface area (Å²) in [6.07, 6.45) is 4.00. The van der Waals surface area contributed by atoms with Crippen LogP contribution in [-0.2, 0) is 6.42 Å². The number of pyridine rings is 2. The number of aromatic nitrogens is 3. The summed E-state index contributed by atoms with van der Waals surface area (Å²) >= 11 is 3.42. The highest BCUT2D eigenvalue weighted by Crippen LogP contribution is 2.32. The van der Waals surface area contributed by atoms with Gasteiger partial charge in [0.25, 0.3) is 5.91 Å². The molecule has 4 heterocycles. The molecule has 6 nitrogen and oxygen atoms in total. The van der Waals surface area contributed by atoms with E-state index in [1.54, 1.807) is 21.7 Å². The smallest absolute Gasteiger partial charge is 0.285 e. The molecule has 3 aromatic heterocycles. The van der Waals surface area contributed by atoms with E-state index in [4.69, 9.17) is 0 Å². The summed E-state index contributed by atoms with van der Waals surface area (Å²) < 4.78 is 16.1. The van der Waals surface area contributed by atoms with Gasteiger partial charge in [-0.3, -0.25) is 9.80 Å². The zero-order valence-electron chi connectivity index (χ0n) is 16.1. The van der Waals surface area contributed by atoms with E-state index < -0.39 is 5.95 Å². The molecule has 4 aromatic rings. The number of hydrazine groups is 1. The Hall–Kier alpha value is -3.26. The minimum absolute atomic E-state index is 0.164. The van der Waals surface area contributed by atoms with Gasteiger partial charge in [-0.25, -0.2) is 14.5 Å². The highest BCUT2D eigenvalue weighted by molar-refractivity contribution is 9.10. The van der Waals surface area contributed by atoms with Gasteiger partial charge in [0.15, 0.2) is 5.69 Å². The fourth-order valence-corrected chi connectivity index (χ4v) is 4.11. The molecule has 0 aliphatic carbocycles. The second-order valence-corrected chi connectivity index (χ2v) is 8.07. The van der Waals surface area contributed by atoms with Crippen LogP contribution in [0.4, 0.5) is 10.1 Å². The largest absolute Gasteiger partial charge is 0.292 e. The van der Waals surface area contributed by atoms with Crippen LogP contribution >= 0.6 is 15.9 Å². The second kappa shape index (κ2) is 7.21. The van der Waals surface area contributed by atoms with Crippen molar-refractivity contribution in [1.29, 1.82) is 0 Å². The average molecular weight is 466 g/mol. The van der Waals surface area contributed by atoms with E-state index in [2.05, 4.69) is 26.0 Å². The fraction of sp³-hybridized carbons (Fsp3) is 0.136. The minimum atomic E-state index is -0.520. The van der Waals surface area contributed by atoms with Crippen molar-refractivity contribution in [2.24, 2.45) is 0 Å². The van der Waals surface area contributed by atoms with Crippen LogP contribution < -0.4 is 5.01 Å². The molecule has 0 N–H and O–H groups in total. The molecular formula is C22H17BrFN5O. The Labute approximate surface area is 180 Å². The number of hydrogen-bond acceptors (Lipinski definition) is 4. The molecule has 1 amide bonds. The topological polar surface area (TPSA) is 53.7 Å². The minimum Gasteiger partial charge on any atom is -0.285 e. The molecule has 0 saturated heterocycles. The van der Waals surface area contributed by atoms with Crippen molar-refractivity contribution >= 4 is 33.0 Å². The van der Waals surface area contributed by atoms with Crippen LogP contribution in [0.2, 0.25) is 0 Å². The molecule has 0 saturated carbocycles. The molecule has 0 spiro atoms. The van der Waals surface area contributed by atoms with Crippen molar-refractivity contribution < 1.29 is 9.18 Å². The lowest BCUT2D eigenvalue weighted by Gasteiger charge is -2.38. The van der Waals surface area contributed by atoms with Crippen LogP contribution in [-0.4, -0.2) is 39.1 Å². The Morgan fingerprint density at radius 3 is 2.77 bits per heavy atom. The number of fused-ring (bicyclic) bond motifs is 2. The molecule has 0 unspecified atom stereocenters. The molecule has 1 aliphatic rings. The molecular weight excluding hydrogens is 449 g/mol. The summed E-state index contributed by atoms with van der Waals surface area (Å²) in [5.74, 6) is -0.683. The zero-order chi connectivity index (χ0) is 20.8. The van der Waals surface area contributed by atoms with E-state index in [1.807, 2.05) is 48.6 Å². The van der Waals surface area contributed by atoms with E-state index in [1.165, 1.54) is 12.3 Å². The van der Waals surface area contributed by atoms with E-state index in [0.717, 1.165) is 38.8 Å². The SMILES string of the molecule is CN1c2cc(-c3ccnc(F)c3)ccc2CCN1C(=O)c1cc2ccc(Br)cn2n1. The van der Waals surface area contributed by atoms with Gasteiger partial charge in [-0.1, -0.05) is 12.1 Å². The second-order valence-electron chi connectivity index (χ2n) is 7.16. The summed E-state index contributed by atoms with van der Waals surface area (Å²) in [5.41, 5.74) is 4.90. The molecule has 0 atom stereocenters. The lowest BCUT2D eigenvalue weighted by Crippen LogP contribution is -2.48. The van der Waals surface area contributed by atoms with Gasteiger partial charge in [0, 0.05) is 36.5 Å². The number of halogens is 2. The van der Waals surface area contributed by atoms with Gasteiger partial charge in [0.2, 0.25) is 5.95 Å². The third-order valence-electron chi connectivity index (χ3n) is 5.33. The zero-order valence-corrected chi connectivity index (χ0v) is 17.7. The molecule has 5 rings (SSSR count). The van der Waals surface area contributed by atoms with Crippen LogP contribution in [0.3, 0.4) is 0 Å². The van der Waals surface area contributed by atoms with Crippen molar-refractivity contribution in [1.82, 2.24) is 19.6 Å². The van der Waals surface area contributed by atoms with Crippen LogP contribution in [0, 0.1) is 5.95 Å². The third-order valence-corrected chi connectivity index (χ3v) is 5.80. The van der Waals surface area contributed by atoms with Crippen LogP contribution in [0.5, 0.6) is 0 Å². The molecule has 1 aliphatic heterocycles. The average Bonchev–Trinajstić information content (AvgIpc) is 3.17. The summed E-state index contributed by atoms with van der Waals surface area (Å²) in [4.78, 5) is 16.8. The molecule has 1 aromatic carbocycles. The normalized spacial score (nSPS) is 13.6. The Morgan fingerprint density at radius 2 is 1.93 bits per heavy atom. The summed E-state index contributed by atoms with van der Waals surface area (Å²) in [6.45, 7) is 0.559. The standard InChI is InChI=1S/C22H17BrFN5O/c1-27-20-10-15(16-6-8-25-21(24)11-16)3-2-14(20)7-9-29(27)22(30)19-12-18-5-4-17(23)13-28(18)26-19/h2-6,8,10-13H,7,9H2,1H3. The van der Waals surface area contributed by atoms with E-state index in [-0.39, 0.29) is 5.91 Å². The molecule has 0 radical (unpaired) electrons. The molecule has 0 bridgehead atoms. The first-order chi connectivity index (χ1) is 14.5.